The Kier molecular flexibility index (Phi) is 6.48. The zero-order chi connectivity index (χ0) is 18.5. The van der Waals surface area contributed by atoms with E-state index in [0.29, 0.717) is 6.04 Å². The van der Waals surface area contributed by atoms with E-state index in [9.17, 15) is 0 Å². The minimum Gasteiger partial charge on any atom is -0.355 e. The summed E-state index contributed by atoms with van der Waals surface area (Å²) in [5, 5.41) is 0. The van der Waals surface area contributed by atoms with Crippen LogP contribution in [0.2, 0.25) is 0 Å². The van der Waals surface area contributed by atoms with Crippen molar-refractivity contribution in [3.05, 3.63) is 46.6 Å². The Balaban J connectivity index is 1.58. The molecule has 0 saturated carbocycles. The van der Waals surface area contributed by atoms with Gasteiger partial charge in [-0.3, -0.25) is 0 Å². The lowest BCUT2D eigenvalue weighted by atomic mass is 10.0. The van der Waals surface area contributed by atoms with E-state index in [0.717, 1.165) is 35.7 Å². The van der Waals surface area contributed by atoms with Gasteiger partial charge < -0.3 is 14.7 Å². The summed E-state index contributed by atoms with van der Waals surface area (Å²) in [6, 6.07) is 11.2. The largest absolute Gasteiger partial charge is 0.355 e. The molecule has 1 aliphatic heterocycles. The quantitative estimate of drug-likeness (QED) is 0.718. The first-order valence-electron chi connectivity index (χ1n) is 9.23. The molecule has 140 valence electrons. The summed E-state index contributed by atoms with van der Waals surface area (Å²) in [5.74, 6) is 1.76. The van der Waals surface area contributed by atoms with Crippen molar-refractivity contribution in [2.45, 2.75) is 25.3 Å². The maximum absolute atomic E-state index is 4.69. The third-order valence-electron chi connectivity index (χ3n) is 5.05. The number of aromatic nitrogens is 2. The van der Waals surface area contributed by atoms with Crippen molar-refractivity contribution in [1.29, 1.82) is 0 Å². The second kappa shape index (κ2) is 8.82. The fourth-order valence-electron chi connectivity index (χ4n) is 3.43. The molecule has 0 N–H and O–H groups in total. The first-order chi connectivity index (χ1) is 12.5. The van der Waals surface area contributed by atoms with Gasteiger partial charge in [0.2, 0.25) is 5.95 Å². The molecule has 1 aromatic carbocycles. The number of anilines is 2. The molecule has 5 nitrogen and oxygen atoms in total. The van der Waals surface area contributed by atoms with Crippen LogP contribution in [0, 0.1) is 0 Å². The summed E-state index contributed by atoms with van der Waals surface area (Å²) >= 11 is 3.50. The van der Waals surface area contributed by atoms with Gasteiger partial charge in [-0.15, -0.1) is 0 Å². The molecule has 1 saturated heterocycles. The van der Waals surface area contributed by atoms with Gasteiger partial charge in [-0.1, -0.05) is 28.1 Å². The molecular weight excluding hydrogens is 390 g/mol. The van der Waals surface area contributed by atoms with Gasteiger partial charge in [0, 0.05) is 50.9 Å². The molecule has 0 bridgehead atoms. The topological polar surface area (TPSA) is 35.5 Å². The molecule has 2 aromatic rings. The molecule has 1 fully saturated rings. The molecule has 26 heavy (non-hydrogen) atoms. The molecule has 3 rings (SSSR count). The molecule has 0 spiro atoms. The van der Waals surface area contributed by atoms with Crippen molar-refractivity contribution in [1.82, 2.24) is 14.9 Å². The van der Waals surface area contributed by atoms with Crippen LogP contribution < -0.4 is 9.80 Å². The normalized spacial score (nSPS) is 17.9. The van der Waals surface area contributed by atoms with Crippen LogP contribution in [0.3, 0.4) is 0 Å². The summed E-state index contributed by atoms with van der Waals surface area (Å²) in [7, 11) is 6.11. The molecule has 0 amide bonds. The SMILES string of the molecule is CN(C)c1nccc(N(C)C2CCCN(CCc3ccc(Br)cc3)C2)n1. The Labute approximate surface area is 165 Å². The Morgan fingerprint density at radius 2 is 1.92 bits per heavy atom. The van der Waals surface area contributed by atoms with Crippen molar-refractivity contribution < 1.29 is 0 Å². The van der Waals surface area contributed by atoms with Crippen molar-refractivity contribution in [2.24, 2.45) is 0 Å². The standard InChI is InChI=1S/C20H28BrN5/c1-24(2)20-22-12-10-19(23-20)25(3)18-5-4-13-26(15-18)14-11-16-6-8-17(21)9-7-16/h6-10,12,18H,4-5,11,13-15H2,1-3H3. The smallest absolute Gasteiger partial charge is 0.226 e. The van der Waals surface area contributed by atoms with Gasteiger partial charge in [0.1, 0.15) is 5.82 Å². The summed E-state index contributed by atoms with van der Waals surface area (Å²) in [6.45, 7) is 3.39. The van der Waals surface area contributed by atoms with E-state index in [1.807, 2.05) is 31.3 Å². The van der Waals surface area contributed by atoms with Crippen LogP contribution in [0.15, 0.2) is 41.0 Å². The van der Waals surface area contributed by atoms with Crippen LogP contribution in [-0.2, 0) is 6.42 Å². The number of likely N-dealkylation sites (N-methyl/N-ethyl adjacent to an activating group) is 1. The van der Waals surface area contributed by atoms with Crippen LogP contribution in [-0.4, -0.2) is 61.7 Å². The minimum absolute atomic E-state index is 0.499. The lowest BCUT2D eigenvalue weighted by Gasteiger charge is -2.38. The second-order valence-corrected chi connectivity index (χ2v) is 8.11. The zero-order valence-electron chi connectivity index (χ0n) is 15.9. The van der Waals surface area contributed by atoms with Crippen molar-refractivity contribution in [3.8, 4) is 0 Å². The molecule has 0 aliphatic carbocycles. The van der Waals surface area contributed by atoms with E-state index in [1.54, 1.807) is 0 Å². The molecule has 0 radical (unpaired) electrons. The number of nitrogens with zero attached hydrogens (tertiary/aromatic N) is 5. The van der Waals surface area contributed by atoms with Gasteiger partial charge >= 0.3 is 0 Å². The number of hydrogen-bond acceptors (Lipinski definition) is 5. The third kappa shape index (κ3) is 4.95. The third-order valence-corrected chi connectivity index (χ3v) is 5.58. The van der Waals surface area contributed by atoms with Gasteiger partial charge in [-0.2, -0.15) is 4.98 Å². The van der Waals surface area contributed by atoms with E-state index in [-0.39, 0.29) is 0 Å². The van der Waals surface area contributed by atoms with Crippen LogP contribution in [0.1, 0.15) is 18.4 Å². The van der Waals surface area contributed by atoms with Crippen molar-refractivity contribution in [2.75, 3.05) is 50.6 Å². The van der Waals surface area contributed by atoms with Crippen molar-refractivity contribution in [3.63, 3.8) is 0 Å². The highest BCUT2D eigenvalue weighted by molar-refractivity contribution is 9.10. The maximum atomic E-state index is 4.69. The number of piperidine rings is 1. The van der Waals surface area contributed by atoms with Crippen LogP contribution in [0.4, 0.5) is 11.8 Å². The highest BCUT2D eigenvalue weighted by atomic mass is 79.9. The van der Waals surface area contributed by atoms with E-state index in [4.69, 9.17) is 4.98 Å². The number of benzene rings is 1. The molecule has 1 aliphatic rings. The highest BCUT2D eigenvalue weighted by Gasteiger charge is 2.24. The number of hydrogen-bond donors (Lipinski definition) is 0. The second-order valence-electron chi connectivity index (χ2n) is 7.19. The highest BCUT2D eigenvalue weighted by Crippen LogP contribution is 2.21. The number of rotatable bonds is 6. The molecule has 1 aromatic heterocycles. The van der Waals surface area contributed by atoms with Gasteiger partial charge in [0.05, 0.1) is 0 Å². The monoisotopic (exact) mass is 417 g/mol. The Hall–Kier alpha value is -1.66. The fraction of sp³-hybridized carbons (Fsp3) is 0.500. The van der Waals surface area contributed by atoms with E-state index in [2.05, 4.69) is 62.0 Å². The van der Waals surface area contributed by atoms with E-state index in [1.165, 1.54) is 24.9 Å². The van der Waals surface area contributed by atoms with E-state index >= 15 is 0 Å². The maximum Gasteiger partial charge on any atom is 0.226 e. The predicted molar refractivity (Wildman–Crippen MR) is 112 cm³/mol. The first kappa shape index (κ1) is 19.1. The Bertz CT molecular complexity index is 704. The van der Waals surface area contributed by atoms with Crippen LogP contribution in [0.5, 0.6) is 0 Å². The Morgan fingerprint density at radius 3 is 2.65 bits per heavy atom. The van der Waals surface area contributed by atoms with Gasteiger partial charge in [-0.25, -0.2) is 4.98 Å². The molecule has 1 atom stereocenters. The van der Waals surface area contributed by atoms with Crippen LogP contribution >= 0.6 is 15.9 Å². The number of halogens is 1. The summed E-state index contributed by atoms with van der Waals surface area (Å²) < 4.78 is 1.14. The molecule has 1 unspecified atom stereocenters. The first-order valence-corrected chi connectivity index (χ1v) is 10.0. The summed E-state index contributed by atoms with van der Waals surface area (Å²) in [6.07, 6.45) is 5.40. The van der Waals surface area contributed by atoms with Gasteiger partial charge in [-0.05, 0) is 49.6 Å². The average molecular weight is 418 g/mol. The fourth-order valence-corrected chi connectivity index (χ4v) is 3.69. The average Bonchev–Trinajstić information content (AvgIpc) is 2.67. The van der Waals surface area contributed by atoms with Gasteiger partial charge in [0.25, 0.3) is 0 Å². The molecule has 6 heteroatoms. The number of likely N-dealkylation sites (tertiary alicyclic amines) is 1. The Morgan fingerprint density at radius 1 is 1.15 bits per heavy atom. The predicted octanol–water partition coefficient (Wildman–Crippen LogP) is 3.45. The minimum atomic E-state index is 0.499. The van der Waals surface area contributed by atoms with Crippen molar-refractivity contribution >= 4 is 27.7 Å². The molecule has 2 heterocycles. The van der Waals surface area contributed by atoms with Gasteiger partial charge in [0.15, 0.2) is 0 Å². The van der Waals surface area contributed by atoms with E-state index < -0.39 is 0 Å². The summed E-state index contributed by atoms with van der Waals surface area (Å²) in [5.41, 5.74) is 1.40. The lowest BCUT2D eigenvalue weighted by Crippen LogP contribution is -2.47. The summed E-state index contributed by atoms with van der Waals surface area (Å²) in [4.78, 5) is 15.9. The molecular formula is C20H28BrN5. The zero-order valence-corrected chi connectivity index (χ0v) is 17.5. The van der Waals surface area contributed by atoms with Crippen LogP contribution in [0.25, 0.3) is 0 Å². The lowest BCUT2D eigenvalue weighted by molar-refractivity contribution is 0.208.